The molecule has 2 unspecified atom stereocenters. The highest BCUT2D eigenvalue weighted by molar-refractivity contribution is 5.46. The van der Waals surface area contributed by atoms with Crippen molar-refractivity contribution in [3.05, 3.63) is 41.2 Å². The van der Waals surface area contributed by atoms with Gasteiger partial charge in [-0.1, -0.05) is 18.6 Å². The van der Waals surface area contributed by atoms with Crippen molar-refractivity contribution in [2.75, 3.05) is 11.9 Å². The largest absolute Gasteiger partial charge is 0.380 e. The highest BCUT2D eigenvalue weighted by atomic mass is 19.1. The lowest BCUT2D eigenvalue weighted by Gasteiger charge is -2.26. The number of hydrogen-bond acceptors (Lipinski definition) is 1. The van der Waals surface area contributed by atoms with Gasteiger partial charge in [0, 0.05) is 18.7 Å². The Hall–Kier alpha value is -1.45. The summed E-state index contributed by atoms with van der Waals surface area (Å²) in [7, 11) is 0. The van der Waals surface area contributed by atoms with Crippen LogP contribution in [0.5, 0.6) is 0 Å². The molecular weight excluding hydrogens is 251 g/mol. The standard InChI is InChI=1S/C15H18F3N/c1-9-3-10(2)5-11(4-9)8-19-15-13(17)6-12(16)7-14(15)18/h3,6-7,9,11,19H,4-5,8H2,1-2H3. The van der Waals surface area contributed by atoms with Gasteiger partial charge >= 0.3 is 0 Å². The Balaban J connectivity index is 2.02. The summed E-state index contributed by atoms with van der Waals surface area (Å²) in [6.45, 7) is 4.70. The van der Waals surface area contributed by atoms with Crippen LogP contribution in [0.15, 0.2) is 23.8 Å². The van der Waals surface area contributed by atoms with E-state index in [0.717, 1.165) is 12.8 Å². The molecule has 0 spiro atoms. The molecule has 1 aromatic rings. The van der Waals surface area contributed by atoms with Gasteiger partial charge in [0.25, 0.3) is 0 Å². The molecule has 0 aliphatic heterocycles. The van der Waals surface area contributed by atoms with Crippen LogP contribution in [0.4, 0.5) is 18.9 Å². The second-order valence-corrected chi connectivity index (χ2v) is 5.42. The Morgan fingerprint density at radius 3 is 2.42 bits per heavy atom. The molecule has 1 aromatic carbocycles. The van der Waals surface area contributed by atoms with E-state index in [2.05, 4.69) is 25.2 Å². The molecule has 0 saturated carbocycles. The molecule has 0 saturated heterocycles. The minimum absolute atomic E-state index is 0.235. The second-order valence-electron chi connectivity index (χ2n) is 5.42. The van der Waals surface area contributed by atoms with E-state index < -0.39 is 17.5 Å². The molecule has 2 rings (SSSR count). The Labute approximate surface area is 111 Å². The zero-order valence-corrected chi connectivity index (χ0v) is 11.1. The predicted octanol–water partition coefficient (Wildman–Crippen LogP) is 4.51. The Morgan fingerprint density at radius 2 is 1.84 bits per heavy atom. The predicted molar refractivity (Wildman–Crippen MR) is 70.5 cm³/mol. The third-order valence-electron chi connectivity index (χ3n) is 3.46. The number of halogens is 3. The molecule has 0 radical (unpaired) electrons. The summed E-state index contributed by atoms with van der Waals surface area (Å²) < 4.78 is 39.7. The molecule has 1 N–H and O–H groups in total. The van der Waals surface area contributed by atoms with E-state index in [4.69, 9.17) is 0 Å². The minimum Gasteiger partial charge on any atom is -0.380 e. The van der Waals surface area contributed by atoms with Crippen LogP contribution in [0.1, 0.15) is 26.7 Å². The third-order valence-corrected chi connectivity index (χ3v) is 3.46. The number of hydrogen-bond donors (Lipinski definition) is 1. The SMILES string of the molecule is CC1=CC(C)CC(CNc2c(F)cc(F)cc2F)C1. The van der Waals surface area contributed by atoms with Crippen molar-refractivity contribution in [2.24, 2.45) is 11.8 Å². The summed E-state index contributed by atoms with van der Waals surface area (Å²) in [6, 6.07) is 1.39. The highest BCUT2D eigenvalue weighted by Gasteiger charge is 2.19. The van der Waals surface area contributed by atoms with Gasteiger partial charge < -0.3 is 5.32 Å². The quantitative estimate of drug-likeness (QED) is 0.796. The van der Waals surface area contributed by atoms with Crippen molar-refractivity contribution in [3.63, 3.8) is 0 Å². The normalized spacial score (nSPS) is 23.1. The molecular formula is C15H18F3N. The molecule has 0 aromatic heterocycles. The summed E-state index contributed by atoms with van der Waals surface area (Å²) in [5, 5.41) is 2.78. The van der Waals surface area contributed by atoms with Crippen LogP contribution in [0.3, 0.4) is 0 Å². The molecule has 2 atom stereocenters. The summed E-state index contributed by atoms with van der Waals surface area (Å²) in [6.07, 6.45) is 4.16. The molecule has 0 amide bonds. The summed E-state index contributed by atoms with van der Waals surface area (Å²) in [5.74, 6) is -1.82. The van der Waals surface area contributed by atoms with Crippen molar-refractivity contribution >= 4 is 5.69 Å². The Bertz CT molecular complexity index is 473. The zero-order chi connectivity index (χ0) is 14.0. The highest BCUT2D eigenvalue weighted by Crippen LogP contribution is 2.29. The van der Waals surface area contributed by atoms with Gasteiger partial charge in [0.2, 0.25) is 0 Å². The van der Waals surface area contributed by atoms with Crippen molar-refractivity contribution in [1.29, 1.82) is 0 Å². The lowest BCUT2D eigenvalue weighted by molar-refractivity contribution is 0.419. The Kier molecular flexibility index (Phi) is 4.17. The second kappa shape index (κ2) is 5.68. The maximum absolute atomic E-state index is 13.5. The third kappa shape index (κ3) is 3.52. The first-order valence-electron chi connectivity index (χ1n) is 6.51. The van der Waals surface area contributed by atoms with Crippen LogP contribution in [0.25, 0.3) is 0 Å². The van der Waals surface area contributed by atoms with E-state index in [1.165, 1.54) is 5.57 Å². The zero-order valence-electron chi connectivity index (χ0n) is 11.1. The van der Waals surface area contributed by atoms with E-state index in [1.54, 1.807) is 0 Å². The topological polar surface area (TPSA) is 12.0 Å². The lowest BCUT2D eigenvalue weighted by atomic mass is 9.84. The first-order valence-corrected chi connectivity index (χ1v) is 6.51. The molecule has 0 heterocycles. The monoisotopic (exact) mass is 269 g/mol. The average Bonchev–Trinajstić information content (AvgIpc) is 2.25. The minimum atomic E-state index is -0.898. The fourth-order valence-electron chi connectivity index (χ4n) is 2.80. The molecule has 1 nitrogen and oxygen atoms in total. The molecule has 104 valence electrons. The van der Waals surface area contributed by atoms with Gasteiger partial charge in [-0.25, -0.2) is 13.2 Å². The van der Waals surface area contributed by atoms with Crippen LogP contribution in [0, 0.1) is 29.3 Å². The van der Waals surface area contributed by atoms with Gasteiger partial charge in [0.05, 0.1) is 0 Å². The van der Waals surface area contributed by atoms with Crippen LogP contribution >= 0.6 is 0 Å². The van der Waals surface area contributed by atoms with Gasteiger partial charge in [-0.2, -0.15) is 0 Å². The summed E-state index contributed by atoms with van der Waals surface area (Å²) >= 11 is 0. The van der Waals surface area contributed by atoms with Crippen LogP contribution in [0.2, 0.25) is 0 Å². The summed E-state index contributed by atoms with van der Waals surface area (Å²) in [4.78, 5) is 0. The number of rotatable bonds is 3. The molecule has 0 fully saturated rings. The van der Waals surface area contributed by atoms with E-state index in [9.17, 15) is 13.2 Å². The molecule has 4 heteroatoms. The number of benzene rings is 1. The maximum atomic E-state index is 13.5. The smallest absolute Gasteiger partial charge is 0.152 e. The Morgan fingerprint density at radius 1 is 1.21 bits per heavy atom. The average molecular weight is 269 g/mol. The lowest BCUT2D eigenvalue weighted by Crippen LogP contribution is -2.21. The first kappa shape index (κ1) is 14.0. The van der Waals surface area contributed by atoms with Crippen LogP contribution < -0.4 is 5.32 Å². The molecule has 19 heavy (non-hydrogen) atoms. The van der Waals surface area contributed by atoms with Crippen molar-refractivity contribution < 1.29 is 13.2 Å². The first-order chi connectivity index (χ1) is 8.95. The van der Waals surface area contributed by atoms with Crippen molar-refractivity contribution in [3.8, 4) is 0 Å². The van der Waals surface area contributed by atoms with Crippen LogP contribution in [-0.2, 0) is 0 Å². The van der Waals surface area contributed by atoms with E-state index in [1.807, 2.05) is 0 Å². The van der Waals surface area contributed by atoms with Crippen LogP contribution in [-0.4, -0.2) is 6.54 Å². The van der Waals surface area contributed by atoms with Crippen molar-refractivity contribution in [2.45, 2.75) is 26.7 Å². The van der Waals surface area contributed by atoms with Gasteiger partial charge in [-0.3, -0.25) is 0 Å². The molecule has 1 aliphatic carbocycles. The fraction of sp³-hybridized carbons (Fsp3) is 0.467. The van der Waals surface area contributed by atoms with E-state index in [0.29, 0.717) is 30.5 Å². The van der Waals surface area contributed by atoms with Gasteiger partial charge in [-0.15, -0.1) is 0 Å². The van der Waals surface area contributed by atoms with Gasteiger partial charge in [0.15, 0.2) is 11.6 Å². The van der Waals surface area contributed by atoms with E-state index >= 15 is 0 Å². The van der Waals surface area contributed by atoms with Gasteiger partial charge in [0.1, 0.15) is 11.5 Å². The number of nitrogens with one attached hydrogen (secondary N) is 1. The maximum Gasteiger partial charge on any atom is 0.152 e. The number of anilines is 1. The molecule has 1 aliphatic rings. The summed E-state index contributed by atoms with van der Waals surface area (Å²) in [5.41, 5.74) is 1.08. The number of allylic oxidation sites excluding steroid dienone is 2. The fourth-order valence-corrected chi connectivity index (χ4v) is 2.80. The molecule has 0 bridgehead atoms. The van der Waals surface area contributed by atoms with Gasteiger partial charge in [-0.05, 0) is 31.6 Å². The van der Waals surface area contributed by atoms with Crippen molar-refractivity contribution in [1.82, 2.24) is 0 Å². The van der Waals surface area contributed by atoms with E-state index in [-0.39, 0.29) is 5.69 Å².